The van der Waals surface area contributed by atoms with Gasteiger partial charge in [-0.25, -0.2) is 0 Å². The van der Waals surface area contributed by atoms with E-state index >= 15 is 0 Å². The normalized spacial score (nSPS) is 17.6. The Balaban J connectivity index is 1.50. The zero-order valence-electron chi connectivity index (χ0n) is 21.1. The third-order valence-electron chi connectivity index (χ3n) is 5.60. The lowest BCUT2D eigenvalue weighted by atomic mass is 10.1. The molecule has 34 heavy (non-hydrogen) atoms. The van der Waals surface area contributed by atoms with Crippen LogP contribution in [0.1, 0.15) is 46.2 Å². The van der Waals surface area contributed by atoms with Crippen molar-refractivity contribution in [2.75, 3.05) is 24.7 Å². The molecule has 12 heteroatoms. The van der Waals surface area contributed by atoms with E-state index in [0.717, 1.165) is 12.8 Å². The first kappa shape index (κ1) is 18.4. The first-order chi connectivity index (χ1) is 17.6. The van der Waals surface area contributed by atoms with Crippen LogP contribution in [-0.2, 0) is 10.4 Å². The fraction of sp³-hybridized carbons (Fsp3) is 0.364. The Bertz CT molecular complexity index is 1370. The fourth-order valence-corrected chi connectivity index (χ4v) is 3.38. The molecule has 0 unspecified atom stereocenters. The average molecular weight is 468 g/mol. The second kappa shape index (κ2) is 8.37. The number of nitrogens with one attached hydrogen (secondary N) is 3. The largest absolute Gasteiger partial charge is 0.494 e. The molecule has 0 atom stereocenters. The van der Waals surface area contributed by atoms with Crippen LogP contribution in [0.3, 0.4) is 0 Å². The zero-order valence-corrected chi connectivity index (χ0v) is 18.1. The number of aliphatic hydroxyl groups is 1. The quantitative estimate of drug-likeness (QED) is 0.384. The van der Waals surface area contributed by atoms with Crippen molar-refractivity contribution in [2.24, 2.45) is 5.92 Å². The van der Waals surface area contributed by atoms with Gasteiger partial charge in [0.25, 0.3) is 11.8 Å². The number of para-hydroxylation sites is 1. The van der Waals surface area contributed by atoms with Gasteiger partial charge in [-0.15, -0.1) is 10.2 Å². The van der Waals surface area contributed by atoms with Crippen molar-refractivity contribution in [2.45, 2.75) is 31.3 Å². The zero-order chi connectivity index (χ0) is 26.4. The number of rotatable bonds is 8. The van der Waals surface area contributed by atoms with Gasteiger partial charge in [0, 0.05) is 23.1 Å². The number of hydrogen-bond donors (Lipinski definition) is 4. The number of nitrogens with zero attached hydrogens (tertiary/aromatic N) is 4. The van der Waals surface area contributed by atoms with E-state index < -0.39 is 18.5 Å². The number of benzene rings is 1. The summed E-state index contributed by atoms with van der Waals surface area (Å²) in [7, 11) is 1.42. The highest BCUT2D eigenvalue weighted by Gasteiger charge is 2.48. The number of methoxy groups -OCH3 is 1. The lowest BCUT2D eigenvalue weighted by Gasteiger charge is -2.16. The number of ether oxygens (including phenoxy) is 1. The Morgan fingerprint density at radius 3 is 2.79 bits per heavy atom. The molecule has 2 aliphatic carbocycles. The van der Waals surface area contributed by atoms with Crippen molar-refractivity contribution in [1.29, 1.82) is 0 Å². The first-order valence-electron chi connectivity index (χ1n) is 12.1. The van der Waals surface area contributed by atoms with Crippen molar-refractivity contribution in [1.82, 2.24) is 25.7 Å². The minimum atomic E-state index is -2.76. The van der Waals surface area contributed by atoms with Crippen LogP contribution >= 0.6 is 0 Å². The number of hydrogen-bond acceptors (Lipinski definition) is 10. The average Bonchev–Trinajstić information content (AvgIpc) is 3.76. The summed E-state index contributed by atoms with van der Waals surface area (Å²) in [5, 5.41) is 29.5. The predicted molar refractivity (Wildman–Crippen MR) is 119 cm³/mol. The van der Waals surface area contributed by atoms with Gasteiger partial charge in [0.15, 0.2) is 17.3 Å². The minimum absolute atomic E-state index is 0.0689. The second-order valence-corrected chi connectivity index (χ2v) is 8.18. The lowest BCUT2D eigenvalue weighted by Crippen LogP contribution is -2.22. The standard InChI is InChI=1S/C22H23N7O5/c1-23-20(31)16-14(10-15(27-28-16)25-19(30)11-6-7-11)24-13-5-3-4-12(17(13)33-2)18-26-21(34-29-18)22(32)8-9-22/h3-5,10-11,32H,6-9H2,1-2H3,(H,23,31)(H2,24,25,27,30)/i1D3. The van der Waals surface area contributed by atoms with E-state index in [-0.39, 0.29) is 46.5 Å². The van der Waals surface area contributed by atoms with Crippen LogP contribution in [0.4, 0.5) is 17.2 Å². The van der Waals surface area contributed by atoms with Gasteiger partial charge in [-0.1, -0.05) is 11.2 Å². The summed E-state index contributed by atoms with van der Waals surface area (Å²) in [5.74, 6) is -0.652. The third-order valence-corrected chi connectivity index (χ3v) is 5.60. The molecule has 2 amide bonds. The van der Waals surface area contributed by atoms with Crippen molar-refractivity contribution < 1.29 is 28.1 Å². The third kappa shape index (κ3) is 4.15. The summed E-state index contributed by atoms with van der Waals surface area (Å²) in [4.78, 5) is 29.2. The molecule has 2 aliphatic rings. The molecule has 1 aromatic carbocycles. The fourth-order valence-electron chi connectivity index (χ4n) is 3.38. The Kier molecular flexibility index (Phi) is 4.53. The van der Waals surface area contributed by atoms with Gasteiger partial charge < -0.3 is 30.3 Å². The van der Waals surface area contributed by atoms with E-state index in [2.05, 4.69) is 31.0 Å². The van der Waals surface area contributed by atoms with Gasteiger partial charge in [-0.3, -0.25) is 9.59 Å². The van der Waals surface area contributed by atoms with Gasteiger partial charge in [-0.05, 0) is 37.8 Å². The molecule has 0 radical (unpaired) electrons. The maximum Gasteiger partial charge on any atom is 0.273 e. The minimum Gasteiger partial charge on any atom is -0.494 e. The highest BCUT2D eigenvalue weighted by atomic mass is 16.5. The van der Waals surface area contributed by atoms with Gasteiger partial charge >= 0.3 is 0 Å². The van der Waals surface area contributed by atoms with E-state index in [4.69, 9.17) is 13.4 Å². The Hall–Kier alpha value is -4.06. The summed E-state index contributed by atoms with van der Waals surface area (Å²) in [6.07, 6.45) is 2.62. The maximum absolute atomic E-state index is 12.7. The number of carbonyl (C=O) groups is 2. The van der Waals surface area contributed by atoms with Crippen LogP contribution in [0.15, 0.2) is 28.8 Å². The smallest absolute Gasteiger partial charge is 0.273 e. The predicted octanol–water partition coefficient (Wildman–Crippen LogP) is 1.97. The molecule has 0 spiro atoms. The molecule has 3 aromatic rings. The van der Waals surface area contributed by atoms with Gasteiger partial charge in [0.05, 0.1) is 24.0 Å². The molecular formula is C22H23N7O5. The monoisotopic (exact) mass is 468 g/mol. The number of carbonyl (C=O) groups excluding carboxylic acids is 2. The second-order valence-electron chi connectivity index (χ2n) is 8.18. The summed E-state index contributed by atoms with van der Waals surface area (Å²) in [5.41, 5.74) is -0.565. The van der Waals surface area contributed by atoms with Crippen LogP contribution in [0.25, 0.3) is 11.4 Å². The molecule has 2 fully saturated rings. The number of anilines is 3. The summed E-state index contributed by atoms with van der Waals surface area (Å²) in [6, 6.07) is 6.38. The molecule has 0 aliphatic heterocycles. The Labute approximate surface area is 198 Å². The molecular weight excluding hydrogens is 442 g/mol. The van der Waals surface area contributed by atoms with Gasteiger partial charge in [0.2, 0.25) is 11.7 Å². The first-order valence-corrected chi connectivity index (χ1v) is 10.6. The number of amides is 2. The Morgan fingerprint density at radius 2 is 2.09 bits per heavy atom. The van der Waals surface area contributed by atoms with E-state index in [9.17, 15) is 14.7 Å². The highest BCUT2D eigenvalue weighted by molar-refractivity contribution is 6.00. The molecule has 0 saturated heterocycles. The van der Waals surface area contributed by atoms with Crippen LogP contribution in [0.5, 0.6) is 5.75 Å². The molecule has 2 heterocycles. The molecule has 4 N–H and O–H groups in total. The van der Waals surface area contributed by atoms with Crippen LogP contribution < -0.4 is 20.7 Å². The Morgan fingerprint density at radius 1 is 1.26 bits per heavy atom. The summed E-state index contributed by atoms with van der Waals surface area (Å²) >= 11 is 0. The van der Waals surface area contributed by atoms with Crippen molar-refractivity contribution in [3.05, 3.63) is 35.9 Å². The summed E-state index contributed by atoms with van der Waals surface area (Å²) in [6.45, 7) is -2.76. The van der Waals surface area contributed by atoms with Crippen LogP contribution in [0, 0.1) is 5.92 Å². The molecule has 2 saturated carbocycles. The van der Waals surface area contributed by atoms with Crippen molar-refractivity contribution >= 4 is 29.0 Å². The SMILES string of the molecule is [2H]C([2H])([2H])NC(=O)c1nnc(NC(=O)C2CC2)cc1Nc1cccc(-c2noc(C3(O)CC3)n2)c1OC. The van der Waals surface area contributed by atoms with Crippen LogP contribution in [-0.4, -0.2) is 51.3 Å². The molecule has 2 aromatic heterocycles. The van der Waals surface area contributed by atoms with E-state index in [1.807, 2.05) is 5.32 Å². The highest BCUT2D eigenvalue weighted by Crippen LogP contribution is 2.45. The lowest BCUT2D eigenvalue weighted by molar-refractivity contribution is -0.117. The van der Waals surface area contributed by atoms with Crippen molar-refractivity contribution in [3.63, 3.8) is 0 Å². The molecule has 12 nitrogen and oxygen atoms in total. The maximum atomic E-state index is 12.7. The van der Waals surface area contributed by atoms with Crippen LogP contribution in [0.2, 0.25) is 0 Å². The molecule has 5 rings (SSSR count). The molecule has 176 valence electrons. The molecule has 0 bridgehead atoms. The number of aromatic nitrogens is 4. The summed E-state index contributed by atoms with van der Waals surface area (Å²) < 4.78 is 32.8. The van der Waals surface area contributed by atoms with Gasteiger partial charge in [0.1, 0.15) is 5.60 Å². The van der Waals surface area contributed by atoms with Crippen molar-refractivity contribution in [3.8, 4) is 17.1 Å². The van der Waals surface area contributed by atoms with E-state index in [1.54, 1.807) is 18.2 Å². The topological polar surface area (TPSA) is 164 Å². The van der Waals surface area contributed by atoms with E-state index in [0.29, 0.717) is 24.1 Å². The van der Waals surface area contributed by atoms with E-state index in [1.165, 1.54) is 13.2 Å². The van der Waals surface area contributed by atoms with Gasteiger partial charge in [-0.2, -0.15) is 4.98 Å².